The summed E-state index contributed by atoms with van der Waals surface area (Å²) >= 11 is 0. The van der Waals surface area contributed by atoms with Crippen LogP contribution >= 0.6 is 0 Å². The Kier molecular flexibility index (Phi) is 3.80. The van der Waals surface area contributed by atoms with Crippen LogP contribution in [0.1, 0.15) is 24.8 Å². The molecule has 0 saturated carbocycles. The monoisotopic (exact) mass is 204 g/mol. The third kappa shape index (κ3) is 3.40. The summed E-state index contributed by atoms with van der Waals surface area (Å²) in [5, 5.41) is 0. The van der Waals surface area contributed by atoms with Gasteiger partial charge >= 0.3 is 0 Å². The van der Waals surface area contributed by atoms with Gasteiger partial charge in [0.2, 0.25) is 0 Å². The van der Waals surface area contributed by atoms with Crippen molar-refractivity contribution in [3.05, 3.63) is 42.2 Å². The van der Waals surface area contributed by atoms with Crippen LogP contribution in [-0.4, -0.2) is 12.9 Å². The quantitative estimate of drug-likeness (QED) is 0.704. The lowest BCUT2D eigenvalue weighted by atomic mass is 10.2. The lowest BCUT2D eigenvalue weighted by molar-refractivity contribution is -0.129. The Balaban J connectivity index is 1.79. The maximum atomic E-state index is 5.48. The molecule has 1 aromatic rings. The van der Waals surface area contributed by atoms with Crippen molar-refractivity contribution in [3.8, 4) is 0 Å². The first kappa shape index (κ1) is 10.2. The molecular formula is C13H16O2. The van der Waals surface area contributed by atoms with Crippen molar-refractivity contribution in [3.63, 3.8) is 0 Å². The van der Waals surface area contributed by atoms with Gasteiger partial charge in [0.25, 0.3) is 0 Å². The van der Waals surface area contributed by atoms with Crippen LogP contribution in [0.25, 0.3) is 6.08 Å². The lowest BCUT2D eigenvalue weighted by Gasteiger charge is -2.21. The predicted molar refractivity (Wildman–Crippen MR) is 60.2 cm³/mol. The molecule has 80 valence electrons. The summed E-state index contributed by atoms with van der Waals surface area (Å²) in [6, 6.07) is 10.1. The van der Waals surface area contributed by atoms with E-state index < -0.39 is 0 Å². The van der Waals surface area contributed by atoms with Crippen molar-refractivity contribution in [2.75, 3.05) is 6.61 Å². The Bertz CT molecular complexity index is 300. The highest BCUT2D eigenvalue weighted by Gasteiger charge is 2.12. The van der Waals surface area contributed by atoms with E-state index >= 15 is 0 Å². The molecule has 1 aliphatic heterocycles. The molecule has 0 amide bonds. The zero-order valence-corrected chi connectivity index (χ0v) is 8.76. The highest BCUT2D eigenvalue weighted by atomic mass is 16.7. The molecule has 1 fully saturated rings. The molecule has 2 rings (SSSR count). The fourth-order valence-corrected chi connectivity index (χ4v) is 1.59. The maximum Gasteiger partial charge on any atom is 0.198 e. The first-order chi connectivity index (χ1) is 7.45. The molecule has 1 aliphatic rings. The molecule has 0 bridgehead atoms. The minimum atomic E-state index is -0.0429. The minimum absolute atomic E-state index is 0.0429. The van der Waals surface area contributed by atoms with E-state index in [1.807, 2.05) is 36.4 Å². The van der Waals surface area contributed by atoms with Crippen molar-refractivity contribution in [2.45, 2.75) is 25.6 Å². The van der Waals surface area contributed by atoms with E-state index in [-0.39, 0.29) is 6.29 Å². The largest absolute Gasteiger partial charge is 0.473 e. The summed E-state index contributed by atoms with van der Waals surface area (Å²) in [6.07, 6.45) is 6.99. The highest BCUT2D eigenvalue weighted by molar-refractivity contribution is 5.47. The van der Waals surface area contributed by atoms with E-state index in [0.29, 0.717) is 0 Å². The molecule has 15 heavy (non-hydrogen) atoms. The summed E-state index contributed by atoms with van der Waals surface area (Å²) in [4.78, 5) is 0. The van der Waals surface area contributed by atoms with Crippen LogP contribution < -0.4 is 0 Å². The van der Waals surface area contributed by atoms with E-state index in [0.717, 1.165) is 25.0 Å². The molecule has 0 N–H and O–H groups in total. The molecule has 1 aromatic carbocycles. The molecule has 1 saturated heterocycles. The van der Waals surface area contributed by atoms with E-state index in [1.54, 1.807) is 6.26 Å². The minimum Gasteiger partial charge on any atom is -0.473 e. The van der Waals surface area contributed by atoms with Crippen LogP contribution in [0.4, 0.5) is 0 Å². The first-order valence-corrected chi connectivity index (χ1v) is 5.44. The van der Waals surface area contributed by atoms with Gasteiger partial charge in [0, 0.05) is 6.42 Å². The number of benzene rings is 1. The van der Waals surface area contributed by atoms with Crippen LogP contribution in [0.5, 0.6) is 0 Å². The summed E-state index contributed by atoms with van der Waals surface area (Å²) in [5.41, 5.74) is 1.15. The zero-order valence-electron chi connectivity index (χ0n) is 8.76. The molecule has 1 atom stereocenters. The van der Waals surface area contributed by atoms with Gasteiger partial charge in [-0.2, -0.15) is 0 Å². The van der Waals surface area contributed by atoms with Gasteiger partial charge in [-0.15, -0.1) is 0 Å². The summed E-state index contributed by atoms with van der Waals surface area (Å²) in [7, 11) is 0. The predicted octanol–water partition coefficient (Wildman–Crippen LogP) is 3.20. The first-order valence-electron chi connectivity index (χ1n) is 5.44. The van der Waals surface area contributed by atoms with E-state index in [4.69, 9.17) is 9.47 Å². The maximum absolute atomic E-state index is 5.48. The average molecular weight is 204 g/mol. The van der Waals surface area contributed by atoms with Gasteiger partial charge in [0.15, 0.2) is 6.29 Å². The van der Waals surface area contributed by atoms with Gasteiger partial charge in [0.05, 0.1) is 12.9 Å². The van der Waals surface area contributed by atoms with E-state index in [2.05, 4.69) is 0 Å². The molecule has 2 nitrogen and oxygen atoms in total. The van der Waals surface area contributed by atoms with Crippen molar-refractivity contribution >= 4 is 6.08 Å². The van der Waals surface area contributed by atoms with Gasteiger partial charge in [-0.25, -0.2) is 0 Å². The molecule has 0 aliphatic carbocycles. The number of rotatable bonds is 3. The molecule has 0 aromatic heterocycles. The van der Waals surface area contributed by atoms with Crippen LogP contribution in [0, 0.1) is 0 Å². The second-order valence-corrected chi connectivity index (χ2v) is 3.65. The number of ether oxygens (including phenoxy) is 2. The molecule has 2 heteroatoms. The second kappa shape index (κ2) is 5.56. The summed E-state index contributed by atoms with van der Waals surface area (Å²) < 4.78 is 10.9. The summed E-state index contributed by atoms with van der Waals surface area (Å²) in [6.45, 7) is 0.823. The van der Waals surface area contributed by atoms with Gasteiger partial charge in [0.1, 0.15) is 0 Å². The van der Waals surface area contributed by atoms with Gasteiger partial charge in [-0.1, -0.05) is 30.3 Å². The third-order valence-corrected chi connectivity index (χ3v) is 2.43. The molecule has 0 radical (unpaired) electrons. The van der Waals surface area contributed by atoms with Crippen molar-refractivity contribution in [1.29, 1.82) is 0 Å². The SMILES string of the molecule is C(=C\c1ccccc1)/OC1CCCCO1. The molecular weight excluding hydrogens is 188 g/mol. The van der Waals surface area contributed by atoms with Crippen molar-refractivity contribution < 1.29 is 9.47 Å². The molecule has 1 unspecified atom stereocenters. The van der Waals surface area contributed by atoms with Crippen LogP contribution in [0.2, 0.25) is 0 Å². The van der Waals surface area contributed by atoms with E-state index in [1.165, 1.54) is 6.42 Å². The van der Waals surface area contributed by atoms with Gasteiger partial charge in [-0.3, -0.25) is 0 Å². The van der Waals surface area contributed by atoms with E-state index in [9.17, 15) is 0 Å². The standard InChI is InChI=1S/C13H16O2/c1-2-6-12(7-3-1)9-11-15-13-8-4-5-10-14-13/h1-3,6-7,9,11,13H,4-5,8,10H2/b11-9+. The Labute approximate surface area is 90.5 Å². The second-order valence-electron chi connectivity index (χ2n) is 3.65. The van der Waals surface area contributed by atoms with Gasteiger partial charge in [-0.05, 0) is 24.5 Å². The Morgan fingerprint density at radius 2 is 2.07 bits per heavy atom. The topological polar surface area (TPSA) is 18.5 Å². The summed E-state index contributed by atoms with van der Waals surface area (Å²) in [5.74, 6) is 0. The van der Waals surface area contributed by atoms with Gasteiger partial charge < -0.3 is 9.47 Å². The fourth-order valence-electron chi connectivity index (χ4n) is 1.59. The van der Waals surface area contributed by atoms with Crippen molar-refractivity contribution in [1.82, 2.24) is 0 Å². The zero-order chi connectivity index (χ0) is 10.3. The smallest absolute Gasteiger partial charge is 0.198 e. The van der Waals surface area contributed by atoms with Crippen LogP contribution in [-0.2, 0) is 9.47 Å². The molecule has 1 heterocycles. The molecule has 0 spiro atoms. The third-order valence-electron chi connectivity index (χ3n) is 2.43. The Morgan fingerprint density at radius 3 is 2.80 bits per heavy atom. The van der Waals surface area contributed by atoms with Crippen molar-refractivity contribution in [2.24, 2.45) is 0 Å². The Hall–Kier alpha value is -1.28. The normalized spacial score (nSPS) is 21.7. The fraction of sp³-hybridized carbons (Fsp3) is 0.385. The number of hydrogen-bond acceptors (Lipinski definition) is 2. The lowest BCUT2D eigenvalue weighted by Crippen LogP contribution is -2.19. The van der Waals surface area contributed by atoms with Crippen LogP contribution in [0.15, 0.2) is 36.6 Å². The average Bonchev–Trinajstić information content (AvgIpc) is 2.32. The number of hydrogen-bond donors (Lipinski definition) is 0. The Morgan fingerprint density at radius 1 is 1.20 bits per heavy atom. The highest BCUT2D eigenvalue weighted by Crippen LogP contribution is 2.14. The van der Waals surface area contributed by atoms with Crippen LogP contribution in [0.3, 0.4) is 0 Å².